The molecule has 0 amide bonds. The van der Waals surface area contributed by atoms with Gasteiger partial charge in [-0.3, -0.25) is 0 Å². The van der Waals surface area contributed by atoms with Gasteiger partial charge in [0.05, 0.1) is 11.7 Å². The molecule has 1 aliphatic rings. The minimum absolute atomic E-state index is 0.270. The van der Waals surface area contributed by atoms with Crippen LogP contribution < -0.4 is 0 Å². The number of carbonyl (C=O) groups is 1. The molecule has 0 spiro atoms. The van der Waals surface area contributed by atoms with E-state index in [1.165, 1.54) is 10.4 Å². The first-order valence-corrected chi connectivity index (χ1v) is 8.97. The molecule has 2 atom stereocenters. The van der Waals surface area contributed by atoms with Crippen molar-refractivity contribution in [2.45, 2.75) is 47.1 Å². The number of aliphatic carboxylic acids is 1. The Labute approximate surface area is 148 Å². The summed E-state index contributed by atoms with van der Waals surface area (Å²) in [5, 5.41) is 11.7. The van der Waals surface area contributed by atoms with Crippen molar-refractivity contribution in [3.63, 3.8) is 0 Å². The largest absolute Gasteiger partial charge is 0.478 e. The van der Waals surface area contributed by atoms with Gasteiger partial charge in [-0.25, -0.2) is 4.79 Å². The molecule has 0 saturated carbocycles. The van der Waals surface area contributed by atoms with Crippen molar-refractivity contribution in [3.8, 4) is 0 Å². The number of thiophene rings is 1. The summed E-state index contributed by atoms with van der Waals surface area (Å²) in [4.78, 5) is 13.0. The summed E-state index contributed by atoms with van der Waals surface area (Å²) < 4.78 is 5.72. The van der Waals surface area contributed by atoms with E-state index < -0.39 is 5.97 Å². The van der Waals surface area contributed by atoms with Crippen molar-refractivity contribution >= 4 is 17.3 Å². The van der Waals surface area contributed by atoms with Gasteiger partial charge in [-0.05, 0) is 69.2 Å². The highest BCUT2D eigenvalue weighted by Crippen LogP contribution is 2.45. The summed E-state index contributed by atoms with van der Waals surface area (Å²) in [7, 11) is 1.65. The minimum atomic E-state index is -0.883. The molecule has 0 aromatic carbocycles. The van der Waals surface area contributed by atoms with Gasteiger partial charge in [-0.1, -0.05) is 17.7 Å². The molecule has 1 heterocycles. The van der Waals surface area contributed by atoms with Crippen molar-refractivity contribution in [2.75, 3.05) is 7.11 Å². The molecule has 1 aliphatic carbocycles. The molecule has 2 rings (SSSR count). The Morgan fingerprint density at radius 3 is 2.54 bits per heavy atom. The van der Waals surface area contributed by atoms with E-state index in [1.807, 2.05) is 20.8 Å². The summed E-state index contributed by atoms with van der Waals surface area (Å²) in [5.74, 6) is -0.883. The van der Waals surface area contributed by atoms with Crippen molar-refractivity contribution in [2.24, 2.45) is 5.41 Å². The van der Waals surface area contributed by atoms with E-state index in [0.717, 1.165) is 23.1 Å². The zero-order chi connectivity index (χ0) is 18.1. The Bertz CT molecular complexity index is 736. The van der Waals surface area contributed by atoms with Crippen molar-refractivity contribution < 1.29 is 14.6 Å². The van der Waals surface area contributed by atoms with Gasteiger partial charge < -0.3 is 9.84 Å². The zero-order valence-corrected chi connectivity index (χ0v) is 16.1. The van der Waals surface area contributed by atoms with Gasteiger partial charge >= 0.3 is 5.97 Å². The Kier molecular flexibility index (Phi) is 5.51. The average molecular weight is 346 g/mol. The molecular weight excluding hydrogens is 320 g/mol. The SMILES string of the molecule is COC1C(C)=C(C(=O)O)C(C)=C(C)C1(C)C=CCc1cc(C)cs1. The predicted molar refractivity (Wildman–Crippen MR) is 99.5 cm³/mol. The molecule has 3 nitrogen and oxygen atoms in total. The first kappa shape index (κ1) is 18.7. The Morgan fingerprint density at radius 1 is 1.38 bits per heavy atom. The van der Waals surface area contributed by atoms with Crippen LogP contribution in [0, 0.1) is 12.3 Å². The van der Waals surface area contributed by atoms with E-state index in [2.05, 4.69) is 37.4 Å². The molecule has 130 valence electrons. The van der Waals surface area contributed by atoms with Gasteiger partial charge in [0.15, 0.2) is 0 Å². The second-order valence-electron chi connectivity index (χ2n) is 6.71. The molecule has 1 N–H and O–H groups in total. The summed E-state index contributed by atoms with van der Waals surface area (Å²) in [6, 6.07) is 2.20. The van der Waals surface area contributed by atoms with E-state index in [0.29, 0.717) is 5.57 Å². The van der Waals surface area contributed by atoms with Gasteiger partial charge in [0.25, 0.3) is 0 Å². The van der Waals surface area contributed by atoms with E-state index in [9.17, 15) is 9.90 Å². The quantitative estimate of drug-likeness (QED) is 0.769. The third-order valence-electron chi connectivity index (χ3n) is 5.10. The van der Waals surface area contributed by atoms with Gasteiger partial charge in [0.2, 0.25) is 0 Å². The topological polar surface area (TPSA) is 46.5 Å². The maximum atomic E-state index is 11.6. The molecule has 0 aliphatic heterocycles. The third-order valence-corrected chi connectivity index (χ3v) is 6.17. The van der Waals surface area contributed by atoms with E-state index in [-0.39, 0.29) is 11.5 Å². The lowest BCUT2D eigenvalue weighted by molar-refractivity contribution is -0.132. The highest BCUT2D eigenvalue weighted by Gasteiger charge is 2.42. The van der Waals surface area contributed by atoms with Gasteiger partial charge in [-0.2, -0.15) is 0 Å². The van der Waals surface area contributed by atoms with Crippen LogP contribution in [0.3, 0.4) is 0 Å². The van der Waals surface area contributed by atoms with Gasteiger partial charge in [0.1, 0.15) is 0 Å². The van der Waals surface area contributed by atoms with Gasteiger partial charge in [-0.15, -0.1) is 11.3 Å². The second kappa shape index (κ2) is 7.08. The molecule has 0 bridgehead atoms. The van der Waals surface area contributed by atoms with Crippen LogP contribution in [-0.2, 0) is 16.0 Å². The van der Waals surface area contributed by atoms with E-state index >= 15 is 0 Å². The number of hydrogen-bond donors (Lipinski definition) is 1. The summed E-state index contributed by atoms with van der Waals surface area (Å²) in [5.41, 5.74) is 4.02. The molecule has 1 aromatic heterocycles. The van der Waals surface area contributed by atoms with Crippen LogP contribution in [0.25, 0.3) is 0 Å². The lowest BCUT2D eigenvalue weighted by Gasteiger charge is -2.41. The fourth-order valence-corrected chi connectivity index (χ4v) is 4.50. The maximum Gasteiger partial charge on any atom is 0.335 e. The van der Waals surface area contributed by atoms with E-state index in [4.69, 9.17) is 4.74 Å². The third kappa shape index (κ3) is 3.26. The summed E-state index contributed by atoms with van der Waals surface area (Å²) in [6.45, 7) is 9.99. The molecule has 2 unspecified atom stereocenters. The van der Waals surface area contributed by atoms with Crippen LogP contribution in [0.5, 0.6) is 0 Å². The molecule has 1 aromatic rings. The summed E-state index contributed by atoms with van der Waals surface area (Å²) >= 11 is 1.77. The predicted octanol–water partition coefficient (Wildman–Crippen LogP) is 4.93. The van der Waals surface area contributed by atoms with Crippen LogP contribution in [-0.4, -0.2) is 24.3 Å². The number of carboxylic acid groups (broad SMARTS) is 1. The number of hydrogen-bond acceptors (Lipinski definition) is 3. The lowest BCUT2D eigenvalue weighted by atomic mass is 9.67. The maximum absolute atomic E-state index is 11.6. The van der Waals surface area contributed by atoms with Crippen LogP contribution in [0.2, 0.25) is 0 Å². The van der Waals surface area contributed by atoms with Crippen LogP contribution >= 0.6 is 11.3 Å². The van der Waals surface area contributed by atoms with Crippen molar-refractivity contribution in [1.29, 1.82) is 0 Å². The number of methoxy groups -OCH3 is 1. The highest BCUT2D eigenvalue weighted by atomic mass is 32.1. The molecular formula is C20H26O3S. The number of aryl methyl sites for hydroxylation is 1. The van der Waals surface area contributed by atoms with Crippen molar-refractivity contribution in [1.82, 2.24) is 0 Å². The van der Waals surface area contributed by atoms with Crippen molar-refractivity contribution in [3.05, 3.63) is 56.3 Å². The Morgan fingerprint density at radius 2 is 2.04 bits per heavy atom. The molecule has 0 saturated heterocycles. The summed E-state index contributed by atoms with van der Waals surface area (Å²) in [6.07, 6.45) is 4.96. The first-order chi connectivity index (χ1) is 11.2. The van der Waals surface area contributed by atoms with E-state index in [1.54, 1.807) is 18.4 Å². The standard InChI is InChI=1S/C20H26O3S/c1-12-10-16(24-11-12)8-7-9-20(5)15(4)13(2)17(19(21)22)14(3)18(20)23-6/h7,9-11,18H,8H2,1-6H3,(H,21,22). The fraction of sp³-hybridized carbons (Fsp3) is 0.450. The number of ether oxygens (including phenoxy) is 1. The first-order valence-electron chi connectivity index (χ1n) is 8.09. The Hall–Kier alpha value is -1.65. The number of allylic oxidation sites excluding steroid dienone is 1. The monoisotopic (exact) mass is 346 g/mol. The normalized spacial score (nSPS) is 25.0. The van der Waals surface area contributed by atoms with Crippen LogP contribution in [0.1, 0.15) is 38.1 Å². The molecule has 0 fully saturated rings. The number of carboxylic acids is 1. The number of rotatable bonds is 5. The molecule has 0 radical (unpaired) electrons. The highest BCUT2D eigenvalue weighted by molar-refractivity contribution is 7.10. The zero-order valence-electron chi connectivity index (χ0n) is 15.3. The Balaban J connectivity index is 2.38. The molecule has 24 heavy (non-hydrogen) atoms. The fourth-order valence-electron chi connectivity index (χ4n) is 3.65. The minimum Gasteiger partial charge on any atom is -0.478 e. The second-order valence-corrected chi connectivity index (χ2v) is 7.70. The smallest absolute Gasteiger partial charge is 0.335 e. The van der Waals surface area contributed by atoms with Gasteiger partial charge in [0, 0.05) is 17.4 Å². The average Bonchev–Trinajstić information content (AvgIpc) is 2.91. The van der Waals surface area contributed by atoms with Crippen LogP contribution in [0.15, 0.2) is 45.9 Å². The molecule has 4 heteroatoms. The lowest BCUT2D eigenvalue weighted by Crippen LogP contribution is -2.39. The van der Waals surface area contributed by atoms with Crippen LogP contribution in [0.4, 0.5) is 0 Å².